The first-order valence-electron chi connectivity index (χ1n) is 7.43. The third kappa shape index (κ3) is 4.39. The molecule has 0 saturated heterocycles. The van der Waals surface area contributed by atoms with Gasteiger partial charge in [-0.2, -0.15) is 0 Å². The molecule has 0 spiro atoms. The largest absolute Gasteiger partial charge is 0.371 e. The summed E-state index contributed by atoms with van der Waals surface area (Å²) in [7, 11) is 2.15. The van der Waals surface area contributed by atoms with Gasteiger partial charge in [-0.25, -0.2) is 0 Å². The van der Waals surface area contributed by atoms with Crippen molar-refractivity contribution >= 4 is 17.3 Å². The molecule has 0 amide bonds. The normalized spacial score (nSPS) is 15.0. The lowest BCUT2D eigenvalue weighted by Crippen LogP contribution is -2.40. The van der Waals surface area contributed by atoms with E-state index in [4.69, 9.17) is 17.3 Å². The molecule has 0 aliphatic heterocycles. The van der Waals surface area contributed by atoms with Crippen molar-refractivity contribution < 1.29 is 0 Å². The zero-order valence-corrected chi connectivity index (χ0v) is 14.5. The molecule has 1 aromatic carbocycles. The maximum Gasteiger partial charge on any atom is 0.0410 e. The van der Waals surface area contributed by atoms with Gasteiger partial charge in [-0.1, -0.05) is 39.3 Å². The van der Waals surface area contributed by atoms with E-state index in [0.29, 0.717) is 6.04 Å². The summed E-state index contributed by atoms with van der Waals surface area (Å²) in [6.45, 7) is 11.2. The number of nitrogens with two attached hydrogens (primary N) is 1. The lowest BCUT2D eigenvalue weighted by Gasteiger charge is -2.38. The van der Waals surface area contributed by atoms with Crippen LogP contribution in [-0.4, -0.2) is 19.1 Å². The molecule has 1 aromatic rings. The number of nitrogens with zero attached hydrogens (tertiary/aromatic N) is 1. The van der Waals surface area contributed by atoms with Crippen LogP contribution in [0.5, 0.6) is 0 Å². The standard InChI is InChI=1S/C17H29ClN2/c1-7-15(19)11-13-10-14(18)8-9-16(13)20(6)12(2)17(3,4)5/h8-10,12,15H,7,11,19H2,1-6H3. The highest BCUT2D eigenvalue weighted by atomic mass is 35.5. The van der Waals surface area contributed by atoms with Crippen molar-refractivity contribution in [3.8, 4) is 0 Å². The Morgan fingerprint density at radius 2 is 1.90 bits per heavy atom. The van der Waals surface area contributed by atoms with E-state index in [-0.39, 0.29) is 11.5 Å². The maximum atomic E-state index is 6.16. The van der Waals surface area contributed by atoms with Crippen LogP contribution in [-0.2, 0) is 6.42 Å². The van der Waals surface area contributed by atoms with Crippen LogP contribution < -0.4 is 10.6 Å². The van der Waals surface area contributed by atoms with E-state index in [0.717, 1.165) is 17.9 Å². The van der Waals surface area contributed by atoms with E-state index in [9.17, 15) is 0 Å². The van der Waals surface area contributed by atoms with Crippen molar-refractivity contribution in [3.05, 3.63) is 28.8 Å². The summed E-state index contributed by atoms with van der Waals surface area (Å²) in [5.74, 6) is 0. The maximum absolute atomic E-state index is 6.16. The van der Waals surface area contributed by atoms with Gasteiger partial charge < -0.3 is 10.6 Å². The Labute approximate surface area is 129 Å². The molecule has 0 heterocycles. The summed E-state index contributed by atoms with van der Waals surface area (Å²) in [4.78, 5) is 2.34. The first-order valence-corrected chi connectivity index (χ1v) is 7.81. The van der Waals surface area contributed by atoms with Crippen molar-refractivity contribution in [2.24, 2.45) is 11.1 Å². The Morgan fingerprint density at radius 1 is 1.30 bits per heavy atom. The van der Waals surface area contributed by atoms with Gasteiger partial charge >= 0.3 is 0 Å². The van der Waals surface area contributed by atoms with Gasteiger partial charge in [-0.3, -0.25) is 0 Å². The summed E-state index contributed by atoms with van der Waals surface area (Å²) >= 11 is 6.16. The predicted molar refractivity (Wildman–Crippen MR) is 90.7 cm³/mol. The van der Waals surface area contributed by atoms with Gasteiger partial charge in [0.05, 0.1) is 0 Å². The number of hydrogen-bond donors (Lipinski definition) is 1. The number of halogens is 1. The first kappa shape index (κ1) is 17.3. The van der Waals surface area contributed by atoms with Crippen LogP contribution in [0.4, 0.5) is 5.69 Å². The Bertz CT molecular complexity index is 437. The van der Waals surface area contributed by atoms with Gasteiger partial charge in [0.1, 0.15) is 0 Å². The highest BCUT2D eigenvalue weighted by Gasteiger charge is 2.25. The SMILES string of the molecule is CCC(N)Cc1cc(Cl)ccc1N(C)C(C)C(C)(C)C. The summed E-state index contributed by atoms with van der Waals surface area (Å²) in [5, 5.41) is 0.781. The Balaban J connectivity index is 3.10. The lowest BCUT2D eigenvalue weighted by molar-refractivity contribution is 0.329. The van der Waals surface area contributed by atoms with Crippen LogP contribution in [0.2, 0.25) is 5.02 Å². The van der Waals surface area contributed by atoms with Crippen LogP contribution in [0.15, 0.2) is 18.2 Å². The minimum Gasteiger partial charge on any atom is -0.371 e. The van der Waals surface area contributed by atoms with Gasteiger partial charge in [-0.05, 0) is 48.9 Å². The number of anilines is 1. The molecule has 0 fully saturated rings. The zero-order valence-electron chi connectivity index (χ0n) is 13.7. The zero-order chi connectivity index (χ0) is 15.5. The van der Waals surface area contributed by atoms with Crippen molar-refractivity contribution in [3.63, 3.8) is 0 Å². The minimum absolute atomic E-state index is 0.186. The average Bonchev–Trinajstić information content (AvgIpc) is 2.36. The second-order valence-electron chi connectivity index (χ2n) is 6.80. The van der Waals surface area contributed by atoms with E-state index >= 15 is 0 Å². The predicted octanol–water partition coefficient (Wildman–Crippen LogP) is 4.49. The Morgan fingerprint density at radius 3 is 2.40 bits per heavy atom. The molecular formula is C17H29ClN2. The molecule has 0 aromatic heterocycles. The first-order chi connectivity index (χ1) is 9.16. The second-order valence-corrected chi connectivity index (χ2v) is 7.23. The molecular weight excluding hydrogens is 268 g/mol. The second kappa shape index (κ2) is 6.82. The number of hydrogen-bond acceptors (Lipinski definition) is 2. The molecule has 1 rings (SSSR count). The lowest BCUT2D eigenvalue weighted by atomic mass is 9.86. The molecule has 0 radical (unpaired) electrons. The van der Waals surface area contributed by atoms with E-state index in [1.165, 1.54) is 11.3 Å². The minimum atomic E-state index is 0.186. The van der Waals surface area contributed by atoms with E-state index in [1.54, 1.807) is 0 Å². The van der Waals surface area contributed by atoms with E-state index in [2.05, 4.69) is 58.7 Å². The summed E-state index contributed by atoms with van der Waals surface area (Å²) in [5.41, 5.74) is 8.82. The van der Waals surface area contributed by atoms with Gasteiger partial charge in [0.2, 0.25) is 0 Å². The topological polar surface area (TPSA) is 29.3 Å². The van der Waals surface area contributed by atoms with E-state index in [1.807, 2.05) is 6.07 Å². The highest BCUT2D eigenvalue weighted by Crippen LogP contribution is 2.31. The summed E-state index contributed by atoms with van der Waals surface area (Å²) in [6.07, 6.45) is 1.85. The van der Waals surface area contributed by atoms with E-state index < -0.39 is 0 Å². The Hall–Kier alpha value is -0.730. The molecule has 3 heteroatoms. The Kier molecular flexibility index (Phi) is 5.91. The van der Waals surface area contributed by atoms with Crippen LogP contribution >= 0.6 is 11.6 Å². The van der Waals surface area contributed by atoms with Gasteiger partial charge in [0, 0.05) is 29.8 Å². The van der Waals surface area contributed by atoms with Crippen LogP contribution in [0, 0.1) is 5.41 Å². The van der Waals surface area contributed by atoms with Crippen molar-refractivity contribution in [1.82, 2.24) is 0 Å². The fourth-order valence-corrected chi connectivity index (χ4v) is 2.47. The molecule has 0 bridgehead atoms. The van der Waals surface area contributed by atoms with Crippen LogP contribution in [0.25, 0.3) is 0 Å². The average molecular weight is 297 g/mol. The quantitative estimate of drug-likeness (QED) is 0.867. The van der Waals surface area contributed by atoms with Crippen LogP contribution in [0.1, 0.15) is 46.6 Å². The molecule has 0 saturated carbocycles. The van der Waals surface area contributed by atoms with Crippen molar-refractivity contribution in [1.29, 1.82) is 0 Å². The van der Waals surface area contributed by atoms with Crippen LogP contribution in [0.3, 0.4) is 0 Å². The molecule has 2 nitrogen and oxygen atoms in total. The fourth-order valence-electron chi connectivity index (χ4n) is 2.28. The molecule has 20 heavy (non-hydrogen) atoms. The molecule has 2 N–H and O–H groups in total. The molecule has 0 aliphatic rings. The van der Waals surface area contributed by atoms with Gasteiger partial charge in [0.25, 0.3) is 0 Å². The third-order valence-electron chi connectivity index (χ3n) is 4.26. The van der Waals surface area contributed by atoms with Crippen molar-refractivity contribution in [2.45, 2.75) is 59.5 Å². The number of rotatable bonds is 5. The fraction of sp³-hybridized carbons (Fsp3) is 0.647. The third-order valence-corrected chi connectivity index (χ3v) is 4.50. The highest BCUT2D eigenvalue weighted by molar-refractivity contribution is 6.30. The van der Waals surface area contributed by atoms with Crippen molar-refractivity contribution in [2.75, 3.05) is 11.9 Å². The summed E-state index contributed by atoms with van der Waals surface area (Å²) < 4.78 is 0. The van der Waals surface area contributed by atoms with Gasteiger partial charge in [0.15, 0.2) is 0 Å². The number of benzene rings is 1. The smallest absolute Gasteiger partial charge is 0.0410 e. The molecule has 114 valence electrons. The summed E-state index contributed by atoms with van der Waals surface area (Å²) in [6, 6.07) is 6.75. The van der Waals surface area contributed by atoms with Gasteiger partial charge in [-0.15, -0.1) is 0 Å². The molecule has 2 atom stereocenters. The molecule has 2 unspecified atom stereocenters. The monoisotopic (exact) mass is 296 g/mol. The molecule has 0 aliphatic carbocycles.